The number of aromatic nitrogens is 2. The predicted molar refractivity (Wildman–Crippen MR) is 98.9 cm³/mol. The van der Waals surface area contributed by atoms with Crippen LogP contribution in [0.1, 0.15) is 23.5 Å². The zero-order valence-electron chi connectivity index (χ0n) is 13.6. The van der Waals surface area contributed by atoms with Gasteiger partial charge in [-0.15, -0.1) is 0 Å². The van der Waals surface area contributed by atoms with E-state index in [1.54, 1.807) is 18.3 Å². The van der Waals surface area contributed by atoms with Gasteiger partial charge in [-0.25, -0.2) is 4.39 Å². The first-order valence-electron chi connectivity index (χ1n) is 8.02. The lowest BCUT2D eigenvalue weighted by Gasteiger charge is -2.25. The van der Waals surface area contributed by atoms with Gasteiger partial charge in [-0.05, 0) is 60.7 Å². The van der Waals surface area contributed by atoms with E-state index < -0.39 is 0 Å². The van der Waals surface area contributed by atoms with E-state index in [4.69, 9.17) is 12.2 Å². The second-order valence-corrected chi connectivity index (χ2v) is 6.40. The molecule has 1 saturated heterocycles. The second-order valence-electron chi connectivity index (χ2n) is 6.02. The van der Waals surface area contributed by atoms with Gasteiger partial charge in [0.15, 0.2) is 5.11 Å². The van der Waals surface area contributed by atoms with Gasteiger partial charge in [0, 0.05) is 30.8 Å². The van der Waals surface area contributed by atoms with Gasteiger partial charge in [0.25, 0.3) is 0 Å². The van der Waals surface area contributed by atoms with Crippen molar-refractivity contribution in [2.75, 3.05) is 7.05 Å². The highest BCUT2D eigenvalue weighted by molar-refractivity contribution is 7.80. The molecule has 2 aromatic heterocycles. The van der Waals surface area contributed by atoms with Crippen molar-refractivity contribution >= 4 is 17.3 Å². The third kappa shape index (κ3) is 2.78. The van der Waals surface area contributed by atoms with E-state index in [1.807, 2.05) is 42.4 Å². The van der Waals surface area contributed by atoms with Crippen LogP contribution in [0.4, 0.5) is 4.39 Å². The molecule has 1 aliphatic rings. The summed E-state index contributed by atoms with van der Waals surface area (Å²) in [4.78, 5) is 6.54. The number of hydrogen-bond acceptors (Lipinski definition) is 2. The number of benzene rings is 1. The Bertz CT molecular complexity index is 891. The van der Waals surface area contributed by atoms with Crippen molar-refractivity contribution in [3.63, 3.8) is 0 Å². The summed E-state index contributed by atoms with van der Waals surface area (Å²) in [5.74, 6) is -0.246. The minimum atomic E-state index is -0.246. The number of likely N-dealkylation sites (N-methyl/N-ethyl adjacent to an activating group) is 1. The molecule has 6 heteroatoms. The third-order valence-corrected chi connectivity index (χ3v) is 4.93. The van der Waals surface area contributed by atoms with Crippen LogP contribution in [0.15, 0.2) is 67.0 Å². The van der Waals surface area contributed by atoms with Crippen molar-refractivity contribution in [3.05, 3.63) is 84.2 Å². The number of hydrogen-bond donors (Lipinski definition) is 1. The van der Waals surface area contributed by atoms with E-state index >= 15 is 0 Å². The normalized spacial score (nSPS) is 19.9. The Balaban J connectivity index is 1.78. The van der Waals surface area contributed by atoms with E-state index in [1.165, 1.54) is 12.1 Å². The Labute approximate surface area is 150 Å². The average molecular weight is 352 g/mol. The Morgan fingerprint density at radius 1 is 1.08 bits per heavy atom. The topological polar surface area (TPSA) is 33.1 Å². The predicted octanol–water partition coefficient (Wildman–Crippen LogP) is 3.61. The van der Waals surface area contributed by atoms with Gasteiger partial charge in [0.1, 0.15) is 5.82 Å². The van der Waals surface area contributed by atoms with Gasteiger partial charge in [-0.2, -0.15) is 0 Å². The largest absolute Gasteiger partial charge is 0.352 e. The van der Waals surface area contributed by atoms with Gasteiger partial charge < -0.3 is 14.8 Å². The van der Waals surface area contributed by atoms with E-state index in [2.05, 4.69) is 20.9 Å². The molecule has 0 bridgehead atoms. The SMILES string of the molecule is CN1C(=S)NC(c2ccccn2)C1c1cccn1-c1ccc(F)cc1. The molecule has 0 aliphatic carbocycles. The maximum Gasteiger partial charge on any atom is 0.169 e. The quantitative estimate of drug-likeness (QED) is 0.730. The standard InChI is InChI=1S/C19H17FN4S/c1-23-18(17(22-19(23)25)15-5-2-3-11-21-15)16-6-4-12-24(16)14-9-7-13(20)8-10-14/h2-12,17-18H,1H3,(H,22,25). The lowest BCUT2D eigenvalue weighted by Crippen LogP contribution is -2.25. The lowest BCUT2D eigenvalue weighted by atomic mass is 10.0. The molecule has 2 unspecified atom stereocenters. The highest BCUT2D eigenvalue weighted by Crippen LogP contribution is 2.38. The zero-order valence-corrected chi connectivity index (χ0v) is 14.4. The molecular weight excluding hydrogens is 335 g/mol. The van der Waals surface area contributed by atoms with Gasteiger partial charge in [0.05, 0.1) is 17.8 Å². The average Bonchev–Trinajstić information content (AvgIpc) is 3.22. The van der Waals surface area contributed by atoms with Crippen LogP contribution in [0.2, 0.25) is 0 Å². The van der Waals surface area contributed by atoms with Crippen molar-refractivity contribution in [2.45, 2.75) is 12.1 Å². The monoisotopic (exact) mass is 352 g/mol. The summed E-state index contributed by atoms with van der Waals surface area (Å²) in [6.45, 7) is 0. The number of nitrogens with one attached hydrogen (secondary N) is 1. The summed E-state index contributed by atoms with van der Waals surface area (Å²) >= 11 is 5.48. The number of thiocarbonyl (C=S) groups is 1. The van der Waals surface area contributed by atoms with Crippen LogP contribution in [0.25, 0.3) is 5.69 Å². The molecule has 2 atom stereocenters. The summed E-state index contributed by atoms with van der Waals surface area (Å²) in [7, 11) is 1.98. The second kappa shape index (κ2) is 6.29. The number of rotatable bonds is 3. The highest BCUT2D eigenvalue weighted by Gasteiger charge is 2.39. The Hall–Kier alpha value is -2.73. The van der Waals surface area contributed by atoms with Crippen LogP contribution in [0.3, 0.4) is 0 Å². The molecule has 1 N–H and O–H groups in total. The first-order valence-corrected chi connectivity index (χ1v) is 8.43. The van der Waals surface area contributed by atoms with E-state index in [9.17, 15) is 4.39 Å². The molecule has 4 rings (SSSR count). The lowest BCUT2D eigenvalue weighted by molar-refractivity contribution is 0.357. The molecule has 1 aromatic carbocycles. The molecular formula is C19H17FN4S. The van der Waals surface area contributed by atoms with E-state index in [0.717, 1.165) is 17.1 Å². The molecule has 1 fully saturated rings. The molecule has 0 spiro atoms. The van der Waals surface area contributed by atoms with Crippen LogP contribution in [0.5, 0.6) is 0 Å². The number of pyridine rings is 1. The van der Waals surface area contributed by atoms with Crippen molar-refractivity contribution in [1.82, 2.24) is 19.8 Å². The fourth-order valence-corrected chi connectivity index (χ4v) is 3.54. The zero-order chi connectivity index (χ0) is 17.4. The minimum Gasteiger partial charge on any atom is -0.352 e. The first-order chi connectivity index (χ1) is 12.1. The molecule has 4 nitrogen and oxygen atoms in total. The van der Waals surface area contributed by atoms with Crippen molar-refractivity contribution < 1.29 is 4.39 Å². The third-order valence-electron chi connectivity index (χ3n) is 4.53. The van der Waals surface area contributed by atoms with Crippen molar-refractivity contribution in [1.29, 1.82) is 0 Å². The van der Waals surface area contributed by atoms with Crippen LogP contribution in [-0.4, -0.2) is 26.6 Å². The maximum absolute atomic E-state index is 13.3. The van der Waals surface area contributed by atoms with Gasteiger partial charge >= 0.3 is 0 Å². The molecule has 3 heterocycles. The van der Waals surface area contributed by atoms with Crippen molar-refractivity contribution in [3.8, 4) is 5.69 Å². The Morgan fingerprint density at radius 2 is 1.88 bits per heavy atom. The Morgan fingerprint density at radius 3 is 2.60 bits per heavy atom. The summed E-state index contributed by atoms with van der Waals surface area (Å²) < 4.78 is 15.3. The smallest absolute Gasteiger partial charge is 0.169 e. The fraction of sp³-hybridized carbons (Fsp3) is 0.158. The van der Waals surface area contributed by atoms with Crippen LogP contribution < -0.4 is 5.32 Å². The Kier molecular flexibility index (Phi) is 3.97. The van der Waals surface area contributed by atoms with Gasteiger partial charge in [-0.1, -0.05) is 6.07 Å². The molecule has 0 amide bonds. The summed E-state index contributed by atoms with van der Waals surface area (Å²) in [5, 5.41) is 4.06. The first kappa shape index (κ1) is 15.8. The molecule has 0 radical (unpaired) electrons. The van der Waals surface area contributed by atoms with Crippen LogP contribution in [-0.2, 0) is 0 Å². The molecule has 0 saturated carbocycles. The van der Waals surface area contributed by atoms with E-state index in [0.29, 0.717) is 5.11 Å². The summed E-state index contributed by atoms with van der Waals surface area (Å²) in [6, 6.07) is 16.3. The highest BCUT2D eigenvalue weighted by atomic mass is 32.1. The van der Waals surface area contributed by atoms with Gasteiger partial charge in [0.2, 0.25) is 0 Å². The summed E-state index contributed by atoms with van der Waals surface area (Å²) in [6.07, 6.45) is 3.77. The molecule has 3 aromatic rings. The fourth-order valence-electron chi connectivity index (χ4n) is 3.30. The molecule has 126 valence electrons. The van der Waals surface area contributed by atoms with Crippen LogP contribution in [0, 0.1) is 5.82 Å². The molecule has 1 aliphatic heterocycles. The number of nitrogens with zero attached hydrogens (tertiary/aromatic N) is 3. The summed E-state index contributed by atoms with van der Waals surface area (Å²) in [5.41, 5.74) is 2.91. The van der Waals surface area contributed by atoms with Gasteiger partial charge in [-0.3, -0.25) is 4.98 Å². The number of halogens is 1. The molecule has 25 heavy (non-hydrogen) atoms. The maximum atomic E-state index is 13.3. The van der Waals surface area contributed by atoms with Crippen molar-refractivity contribution in [2.24, 2.45) is 0 Å². The van der Waals surface area contributed by atoms with E-state index in [-0.39, 0.29) is 17.9 Å². The minimum absolute atomic E-state index is 0.0116. The van der Waals surface area contributed by atoms with Crippen LogP contribution >= 0.6 is 12.2 Å².